The van der Waals surface area contributed by atoms with E-state index >= 15 is 0 Å². The Morgan fingerprint density at radius 1 is 1.14 bits per heavy atom. The topological polar surface area (TPSA) is 72.7 Å². The van der Waals surface area contributed by atoms with E-state index in [2.05, 4.69) is 43.1 Å². The molecule has 6 nitrogen and oxygen atoms in total. The molecule has 0 aliphatic heterocycles. The molecule has 0 saturated carbocycles. The van der Waals surface area contributed by atoms with Gasteiger partial charge in [0.2, 0.25) is 0 Å². The maximum absolute atomic E-state index is 12.3. The third kappa shape index (κ3) is 3.07. The number of carbonyl (C=O) groups excluding carboxylic acids is 1. The molecule has 1 aromatic carbocycles. The minimum absolute atomic E-state index is 0.184. The van der Waals surface area contributed by atoms with Gasteiger partial charge in [0.15, 0.2) is 0 Å². The summed E-state index contributed by atoms with van der Waals surface area (Å²) in [6, 6.07) is 11.0. The second kappa shape index (κ2) is 6.00. The largest absolute Gasteiger partial charge is 0.321 e. The van der Waals surface area contributed by atoms with Gasteiger partial charge in [0.05, 0.1) is 5.69 Å². The normalized spacial score (nSPS) is 10.3. The molecule has 0 unspecified atom stereocenters. The van der Waals surface area contributed by atoms with Crippen molar-refractivity contribution < 1.29 is 4.79 Å². The molecule has 1 amide bonds. The van der Waals surface area contributed by atoms with Gasteiger partial charge in [-0.2, -0.15) is 0 Å². The van der Waals surface area contributed by atoms with Crippen molar-refractivity contribution in [1.82, 2.24) is 19.7 Å². The van der Waals surface area contributed by atoms with Crippen molar-refractivity contribution >= 4 is 34.2 Å². The van der Waals surface area contributed by atoms with Gasteiger partial charge in [-0.3, -0.25) is 9.36 Å². The highest BCUT2D eigenvalue weighted by Crippen LogP contribution is 2.18. The molecule has 2 heterocycles. The van der Waals surface area contributed by atoms with Gasteiger partial charge in [-0.05, 0) is 46.9 Å². The molecule has 0 radical (unpaired) electrons. The molecule has 0 spiro atoms. The molecule has 0 aliphatic rings. The maximum atomic E-state index is 12.3. The third-order valence-electron chi connectivity index (χ3n) is 2.81. The number of para-hydroxylation sites is 1. The lowest BCUT2D eigenvalue weighted by Gasteiger charge is -2.08. The minimum Gasteiger partial charge on any atom is -0.321 e. The highest BCUT2D eigenvalue weighted by molar-refractivity contribution is 14.1. The molecule has 0 bridgehead atoms. The first kappa shape index (κ1) is 13.7. The SMILES string of the molecule is O=C(Nc1ccccc1I)c1ccnc(-n2cnnc2)c1. The Morgan fingerprint density at radius 3 is 2.67 bits per heavy atom. The van der Waals surface area contributed by atoms with Crippen LogP contribution in [0.1, 0.15) is 10.4 Å². The molecule has 0 fully saturated rings. The Kier molecular flexibility index (Phi) is 3.91. The van der Waals surface area contributed by atoms with Crippen molar-refractivity contribution in [3.8, 4) is 5.82 Å². The summed E-state index contributed by atoms with van der Waals surface area (Å²) in [5.41, 5.74) is 1.30. The lowest BCUT2D eigenvalue weighted by atomic mass is 10.2. The Balaban J connectivity index is 1.85. The van der Waals surface area contributed by atoms with Crippen LogP contribution in [0.3, 0.4) is 0 Å². The summed E-state index contributed by atoms with van der Waals surface area (Å²) in [7, 11) is 0. The smallest absolute Gasteiger partial charge is 0.255 e. The van der Waals surface area contributed by atoms with Gasteiger partial charge in [0.25, 0.3) is 5.91 Å². The zero-order chi connectivity index (χ0) is 14.7. The molecule has 0 saturated heterocycles. The van der Waals surface area contributed by atoms with E-state index in [9.17, 15) is 4.79 Å². The number of benzene rings is 1. The summed E-state index contributed by atoms with van der Waals surface area (Å²) in [6.07, 6.45) is 4.65. The number of pyridine rings is 1. The average Bonchev–Trinajstić information content (AvgIpc) is 3.04. The molecule has 3 aromatic rings. The number of nitrogens with zero attached hydrogens (tertiary/aromatic N) is 4. The predicted octanol–water partition coefficient (Wildman–Crippen LogP) is 2.52. The molecule has 3 rings (SSSR count). The van der Waals surface area contributed by atoms with Gasteiger partial charge >= 0.3 is 0 Å². The Labute approximate surface area is 134 Å². The first-order valence-electron chi connectivity index (χ1n) is 6.11. The van der Waals surface area contributed by atoms with Crippen LogP contribution in [0, 0.1) is 3.57 Å². The first-order chi connectivity index (χ1) is 10.2. The van der Waals surface area contributed by atoms with Crippen molar-refractivity contribution in [3.63, 3.8) is 0 Å². The van der Waals surface area contributed by atoms with Crippen LogP contribution < -0.4 is 5.32 Å². The summed E-state index contributed by atoms with van der Waals surface area (Å²) >= 11 is 2.18. The third-order valence-corrected chi connectivity index (χ3v) is 3.75. The Morgan fingerprint density at radius 2 is 1.90 bits per heavy atom. The van der Waals surface area contributed by atoms with E-state index in [4.69, 9.17) is 0 Å². The van der Waals surface area contributed by atoms with Gasteiger partial charge < -0.3 is 5.32 Å². The van der Waals surface area contributed by atoms with E-state index in [-0.39, 0.29) is 5.91 Å². The second-order valence-corrected chi connectivity index (χ2v) is 5.37. The van der Waals surface area contributed by atoms with Crippen LogP contribution in [0.2, 0.25) is 0 Å². The van der Waals surface area contributed by atoms with E-state index in [1.165, 1.54) is 12.7 Å². The lowest BCUT2D eigenvalue weighted by molar-refractivity contribution is 0.102. The van der Waals surface area contributed by atoms with Gasteiger partial charge in [0.1, 0.15) is 18.5 Å². The van der Waals surface area contributed by atoms with Gasteiger partial charge in [-0.15, -0.1) is 10.2 Å². The monoisotopic (exact) mass is 391 g/mol. The standard InChI is InChI=1S/C14H10IN5O/c15-11-3-1-2-4-12(11)19-14(21)10-5-6-16-13(7-10)20-8-17-18-9-20/h1-9H,(H,19,21). The van der Waals surface area contributed by atoms with Gasteiger partial charge in [0, 0.05) is 15.3 Å². The van der Waals surface area contributed by atoms with Crippen LogP contribution in [0.4, 0.5) is 5.69 Å². The van der Waals surface area contributed by atoms with Crippen molar-refractivity contribution in [2.75, 3.05) is 5.32 Å². The van der Waals surface area contributed by atoms with Crippen LogP contribution in [0.15, 0.2) is 55.2 Å². The summed E-state index contributed by atoms with van der Waals surface area (Å²) in [5, 5.41) is 10.3. The van der Waals surface area contributed by atoms with Crippen molar-refractivity contribution in [1.29, 1.82) is 0 Å². The molecule has 2 aromatic heterocycles. The van der Waals surface area contributed by atoms with Gasteiger partial charge in [-0.1, -0.05) is 12.1 Å². The number of hydrogen-bond donors (Lipinski definition) is 1. The first-order valence-corrected chi connectivity index (χ1v) is 7.19. The molecule has 7 heteroatoms. The van der Waals surface area contributed by atoms with Crippen LogP contribution >= 0.6 is 22.6 Å². The van der Waals surface area contributed by atoms with E-state index in [0.717, 1.165) is 9.26 Å². The Bertz CT molecular complexity index is 773. The fourth-order valence-corrected chi connectivity index (χ4v) is 2.30. The molecule has 1 N–H and O–H groups in total. The summed E-state index contributed by atoms with van der Waals surface area (Å²) in [4.78, 5) is 16.5. The number of anilines is 1. The van der Waals surface area contributed by atoms with Crippen molar-refractivity contribution in [2.45, 2.75) is 0 Å². The quantitative estimate of drug-likeness (QED) is 0.697. The number of aromatic nitrogens is 4. The second-order valence-electron chi connectivity index (χ2n) is 4.21. The van der Waals surface area contributed by atoms with E-state index in [1.807, 2.05) is 24.3 Å². The number of halogens is 1. The molecule has 21 heavy (non-hydrogen) atoms. The Hall–Kier alpha value is -2.29. The van der Waals surface area contributed by atoms with E-state index in [0.29, 0.717) is 11.4 Å². The fraction of sp³-hybridized carbons (Fsp3) is 0. The summed E-state index contributed by atoms with van der Waals surface area (Å²) in [6.45, 7) is 0. The number of hydrogen-bond acceptors (Lipinski definition) is 4. The average molecular weight is 391 g/mol. The number of rotatable bonds is 3. The van der Waals surface area contributed by atoms with E-state index in [1.54, 1.807) is 22.9 Å². The van der Waals surface area contributed by atoms with Crippen LogP contribution in [-0.4, -0.2) is 25.7 Å². The van der Waals surface area contributed by atoms with Gasteiger partial charge in [-0.25, -0.2) is 4.98 Å². The van der Waals surface area contributed by atoms with Crippen LogP contribution in [0.5, 0.6) is 0 Å². The predicted molar refractivity (Wildman–Crippen MR) is 86.3 cm³/mol. The molecule has 0 atom stereocenters. The molecular formula is C14H10IN5O. The zero-order valence-corrected chi connectivity index (χ0v) is 12.9. The van der Waals surface area contributed by atoms with Crippen LogP contribution in [0.25, 0.3) is 5.82 Å². The number of carbonyl (C=O) groups is 1. The summed E-state index contributed by atoms with van der Waals surface area (Å²) in [5.74, 6) is 0.409. The fourth-order valence-electron chi connectivity index (χ4n) is 1.78. The number of amides is 1. The summed E-state index contributed by atoms with van der Waals surface area (Å²) < 4.78 is 2.62. The van der Waals surface area contributed by atoms with Crippen LogP contribution in [-0.2, 0) is 0 Å². The van der Waals surface area contributed by atoms with Crippen molar-refractivity contribution in [2.24, 2.45) is 0 Å². The zero-order valence-electron chi connectivity index (χ0n) is 10.8. The lowest BCUT2D eigenvalue weighted by Crippen LogP contribution is -2.13. The highest BCUT2D eigenvalue weighted by atomic mass is 127. The highest BCUT2D eigenvalue weighted by Gasteiger charge is 2.09. The maximum Gasteiger partial charge on any atom is 0.255 e. The van der Waals surface area contributed by atoms with Crippen molar-refractivity contribution in [3.05, 3.63) is 64.4 Å². The number of nitrogens with one attached hydrogen (secondary N) is 1. The molecular weight excluding hydrogens is 381 g/mol. The molecule has 0 aliphatic carbocycles. The minimum atomic E-state index is -0.184. The molecule has 104 valence electrons. The van der Waals surface area contributed by atoms with E-state index < -0.39 is 0 Å².